The Kier molecular flexibility index (Phi) is 5.40. The molecular weight excluding hydrogens is 230 g/mol. The van der Waals surface area contributed by atoms with Crippen LogP contribution >= 0.6 is 11.3 Å². The van der Waals surface area contributed by atoms with E-state index in [0.717, 1.165) is 18.1 Å². The molecule has 0 radical (unpaired) electrons. The smallest absolute Gasteiger partial charge is 0.185 e. The monoisotopic (exact) mass is 255 g/mol. The first-order valence-corrected chi connectivity index (χ1v) is 7.19. The predicted molar refractivity (Wildman–Crippen MR) is 77.1 cm³/mol. The number of nitrogens with one attached hydrogen (secondary N) is 1. The molecule has 17 heavy (non-hydrogen) atoms. The quantitative estimate of drug-likeness (QED) is 0.846. The summed E-state index contributed by atoms with van der Waals surface area (Å²) in [5, 5.41) is 4.37. The van der Waals surface area contributed by atoms with Gasteiger partial charge in [-0.2, -0.15) is 0 Å². The SMILES string of the molecule is CCC(C)N(C)c1nc(C(C)C)c(CNC)s1. The van der Waals surface area contributed by atoms with Crippen molar-refractivity contribution in [2.75, 3.05) is 19.0 Å². The van der Waals surface area contributed by atoms with E-state index in [2.05, 4.69) is 45.0 Å². The molecule has 4 heteroatoms. The van der Waals surface area contributed by atoms with Crippen molar-refractivity contribution in [2.45, 2.75) is 52.6 Å². The number of anilines is 1. The highest BCUT2D eigenvalue weighted by Crippen LogP contribution is 2.31. The van der Waals surface area contributed by atoms with Crippen LogP contribution in [0.5, 0.6) is 0 Å². The van der Waals surface area contributed by atoms with Crippen molar-refractivity contribution in [2.24, 2.45) is 0 Å². The Bertz CT molecular complexity index is 346. The van der Waals surface area contributed by atoms with Gasteiger partial charge in [-0.15, -0.1) is 11.3 Å². The van der Waals surface area contributed by atoms with E-state index in [9.17, 15) is 0 Å². The number of nitrogens with zero attached hydrogens (tertiary/aromatic N) is 2. The maximum atomic E-state index is 4.80. The van der Waals surface area contributed by atoms with E-state index in [-0.39, 0.29) is 0 Å². The van der Waals surface area contributed by atoms with Gasteiger partial charge in [-0.05, 0) is 26.3 Å². The van der Waals surface area contributed by atoms with E-state index in [0.29, 0.717) is 12.0 Å². The van der Waals surface area contributed by atoms with Crippen molar-refractivity contribution >= 4 is 16.5 Å². The van der Waals surface area contributed by atoms with Crippen molar-refractivity contribution in [1.82, 2.24) is 10.3 Å². The molecule has 1 rings (SSSR count). The highest BCUT2D eigenvalue weighted by Gasteiger charge is 2.18. The Morgan fingerprint density at radius 1 is 1.35 bits per heavy atom. The zero-order valence-corrected chi connectivity index (χ0v) is 12.7. The lowest BCUT2D eigenvalue weighted by atomic mass is 10.1. The molecule has 0 aromatic carbocycles. The van der Waals surface area contributed by atoms with Crippen molar-refractivity contribution in [1.29, 1.82) is 0 Å². The van der Waals surface area contributed by atoms with E-state index in [1.54, 1.807) is 0 Å². The molecule has 3 nitrogen and oxygen atoms in total. The average Bonchev–Trinajstić information content (AvgIpc) is 2.71. The van der Waals surface area contributed by atoms with Gasteiger partial charge in [-0.25, -0.2) is 4.98 Å². The third-order valence-electron chi connectivity index (χ3n) is 3.15. The standard InChI is InChI=1S/C13H25N3S/c1-7-10(4)16(6)13-15-12(9(2)3)11(17-13)8-14-5/h9-10,14H,7-8H2,1-6H3. The topological polar surface area (TPSA) is 28.2 Å². The fourth-order valence-electron chi connectivity index (χ4n) is 1.70. The molecule has 1 unspecified atom stereocenters. The molecule has 0 saturated carbocycles. The average molecular weight is 255 g/mol. The Hall–Kier alpha value is -0.610. The van der Waals surface area contributed by atoms with Crippen molar-refractivity contribution in [3.05, 3.63) is 10.6 Å². The molecule has 0 fully saturated rings. The summed E-state index contributed by atoms with van der Waals surface area (Å²) < 4.78 is 0. The molecule has 1 heterocycles. The maximum absolute atomic E-state index is 4.80. The lowest BCUT2D eigenvalue weighted by molar-refractivity contribution is 0.659. The van der Waals surface area contributed by atoms with Crippen LogP contribution in [0.2, 0.25) is 0 Å². The minimum atomic E-state index is 0.494. The van der Waals surface area contributed by atoms with Gasteiger partial charge in [0.2, 0.25) is 0 Å². The van der Waals surface area contributed by atoms with E-state index >= 15 is 0 Å². The summed E-state index contributed by atoms with van der Waals surface area (Å²) in [6.45, 7) is 9.79. The summed E-state index contributed by atoms with van der Waals surface area (Å²) >= 11 is 1.82. The largest absolute Gasteiger partial charge is 0.348 e. The fraction of sp³-hybridized carbons (Fsp3) is 0.769. The van der Waals surface area contributed by atoms with Crippen LogP contribution in [0.25, 0.3) is 0 Å². The Labute approximate surface area is 109 Å². The number of hydrogen-bond donors (Lipinski definition) is 1. The molecule has 1 aromatic rings. The van der Waals surface area contributed by atoms with Crippen LogP contribution in [0.4, 0.5) is 5.13 Å². The summed E-state index contributed by atoms with van der Waals surface area (Å²) in [4.78, 5) is 8.46. The van der Waals surface area contributed by atoms with Crippen LogP contribution in [0, 0.1) is 0 Å². The summed E-state index contributed by atoms with van der Waals surface area (Å²) in [7, 11) is 4.13. The van der Waals surface area contributed by atoms with Gasteiger partial charge < -0.3 is 10.2 Å². The van der Waals surface area contributed by atoms with Gasteiger partial charge >= 0.3 is 0 Å². The number of thiazole rings is 1. The second-order valence-corrected chi connectivity index (χ2v) is 5.92. The Morgan fingerprint density at radius 2 is 2.00 bits per heavy atom. The summed E-state index contributed by atoms with van der Waals surface area (Å²) in [6.07, 6.45) is 1.15. The lowest BCUT2D eigenvalue weighted by Crippen LogP contribution is -2.27. The zero-order chi connectivity index (χ0) is 13.0. The molecule has 1 atom stereocenters. The number of aromatic nitrogens is 1. The lowest BCUT2D eigenvalue weighted by Gasteiger charge is -2.22. The third-order valence-corrected chi connectivity index (χ3v) is 4.32. The second-order valence-electron chi connectivity index (χ2n) is 4.86. The van der Waals surface area contributed by atoms with E-state index < -0.39 is 0 Å². The van der Waals surface area contributed by atoms with Gasteiger partial charge in [-0.3, -0.25) is 0 Å². The van der Waals surface area contributed by atoms with Crippen LogP contribution in [-0.4, -0.2) is 25.1 Å². The third kappa shape index (κ3) is 3.42. The van der Waals surface area contributed by atoms with Gasteiger partial charge in [0.05, 0.1) is 5.69 Å². The highest BCUT2D eigenvalue weighted by molar-refractivity contribution is 7.15. The summed E-state index contributed by atoms with van der Waals surface area (Å²) in [5.41, 5.74) is 1.24. The van der Waals surface area contributed by atoms with Gasteiger partial charge in [0.1, 0.15) is 0 Å². The van der Waals surface area contributed by atoms with E-state index in [1.165, 1.54) is 10.6 Å². The van der Waals surface area contributed by atoms with E-state index in [1.807, 2.05) is 18.4 Å². The maximum Gasteiger partial charge on any atom is 0.185 e. The summed E-state index contributed by atoms with van der Waals surface area (Å²) in [6, 6.07) is 0.545. The van der Waals surface area contributed by atoms with Crippen LogP contribution in [0.15, 0.2) is 0 Å². The molecule has 98 valence electrons. The zero-order valence-electron chi connectivity index (χ0n) is 11.9. The van der Waals surface area contributed by atoms with Gasteiger partial charge in [0, 0.05) is 24.5 Å². The molecule has 0 amide bonds. The fourth-order valence-corrected chi connectivity index (χ4v) is 2.99. The molecule has 0 saturated heterocycles. The number of rotatable bonds is 6. The van der Waals surface area contributed by atoms with Crippen molar-refractivity contribution < 1.29 is 0 Å². The summed E-state index contributed by atoms with van der Waals surface area (Å²) in [5.74, 6) is 0.494. The van der Waals surface area contributed by atoms with Crippen LogP contribution in [0.3, 0.4) is 0 Å². The molecule has 0 spiro atoms. The highest BCUT2D eigenvalue weighted by atomic mass is 32.1. The van der Waals surface area contributed by atoms with Crippen LogP contribution in [-0.2, 0) is 6.54 Å². The van der Waals surface area contributed by atoms with E-state index in [4.69, 9.17) is 4.98 Å². The van der Waals surface area contributed by atoms with Gasteiger partial charge in [-0.1, -0.05) is 20.8 Å². The normalized spacial score (nSPS) is 13.1. The van der Waals surface area contributed by atoms with Crippen molar-refractivity contribution in [3.63, 3.8) is 0 Å². The molecule has 1 N–H and O–H groups in total. The van der Waals surface area contributed by atoms with Crippen LogP contribution in [0.1, 0.15) is 50.6 Å². The first-order chi connectivity index (χ1) is 8.01. The second kappa shape index (κ2) is 6.36. The molecule has 0 aliphatic heterocycles. The van der Waals surface area contributed by atoms with Gasteiger partial charge in [0.25, 0.3) is 0 Å². The van der Waals surface area contributed by atoms with Crippen LogP contribution < -0.4 is 10.2 Å². The first-order valence-electron chi connectivity index (χ1n) is 6.38. The Balaban J connectivity index is 2.98. The molecular formula is C13H25N3S. The molecule has 0 aliphatic carbocycles. The first kappa shape index (κ1) is 14.5. The Morgan fingerprint density at radius 3 is 2.47 bits per heavy atom. The molecule has 0 aliphatic rings. The minimum absolute atomic E-state index is 0.494. The molecule has 0 bridgehead atoms. The predicted octanol–water partition coefficient (Wildman–Crippen LogP) is 3.22. The molecule has 1 aromatic heterocycles. The number of hydrogen-bond acceptors (Lipinski definition) is 4. The van der Waals surface area contributed by atoms with Gasteiger partial charge in [0.15, 0.2) is 5.13 Å². The van der Waals surface area contributed by atoms with Crippen molar-refractivity contribution in [3.8, 4) is 0 Å². The minimum Gasteiger partial charge on any atom is -0.348 e.